The Labute approximate surface area is 189 Å². The van der Waals surface area contributed by atoms with Crippen LogP contribution in [0.3, 0.4) is 0 Å². The zero-order valence-electron chi connectivity index (χ0n) is 17.0. The van der Waals surface area contributed by atoms with Crippen molar-refractivity contribution in [3.8, 4) is 5.69 Å². The average molecular weight is 469 g/mol. The van der Waals surface area contributed by atoms with Crippen LogP contribution in [0, 0.1) is 0 Å². The minimum Gasteiger partial charge on any atom is -0.349 e. The minimum absolute atomic E-state index is 0.0270. The summed E-state index contributed by atoms with van der Waals surface area (Å²) in [6.07, 6.45) is 3.15. The van der Waals surface area contributed by atoms with E-state index < -0.39 is 10.0 Å². The highest BCUT2D eigenvalue weighted by Gasteiger charge is 2.15. The first-order chi connectivity index (χ1) is 15.3. The maximum atomic E-state index is 12.5. The molecule has 0 radical (unpaired) electrons. The summed E-state index contributed by atoms with van der Waals surface area (Å²) in [7, 11) is -3.75. The summed E-state index contributed by atoms with van der Waals surface area (Å²) < 4.78 is 24.5. The molecule has 1 atom stereocenters. The van der Waals surface area contributed by atoms with Gasteiger partial charge in [-0.25, -0.2) is 28.2 Å². The molecule has 0 saturated heterocycles. The number of benzene rings is 2. The van der Waals surface area contributed by atoms with Crippen molar-refractivity contribution in [2.24, 2.45) is 5.14 Å². The van der Waals surface area contributed by atoms with Gasteiger partial charge in [0.2, 0.25) is 15.9 Å². The van der Waals surface area contributed by atoms with Gasteiger partial charge in [-0.1, -0.05) is 42.1 Å². The smallest absolute Gasteiger partial charge is 0.238 e. The summed E-state index contributed by atoms with van der Waals surface area (Å²) in [6, 6.07) is 15.4. The number of amides is 1. The van der Waals surface area contributed by atoms with E-state index in [1.807, 2.05) is 37.3 Å². The van der Waals surface area contributed by atoms with Crippen LogP contribution in [0.2, 0.25) is 0 Å². The van der Waals surface area contributed by atoms with Crippen molar-refractivity contribution in [3.05, 3.63) is 72.7 Å². The number of carbonyl (C=O) groups excluding carboxylic acids is 1. The molecule has 0 bridgehead atoms. The topological polar surface area (TPSA) is 133 Å². The van der Waals surface area contributed by atoms with Gasteiger partial charge >= 0.3 is 0 Å². The van der Waals surface area contributed by atoms with Crippen LogP contribution in [-0.2, 0) is 14.8 Å². The molecule has 0 saturated carbocycles. The first kappa shape index (κ1) is 21.9. The van der Waals surface area contributed by atoms with Crippen molar-refractivity contribution in [3.63, 3.8) is 0 Å². The van der Waals surface area contributed by atoms with E-state index in [4.69, 9.17) is 5.14 Å². The third-order valence-corrected chi connectivity index (χ3v) is 6.69. The predicted molar refractivity (Wildman–Crippen MR) is 122 cm³/mol. The highest BCUT2D eigenvalue weighted by atomic mass is 32.2. The molecule has 4 rings (SSSR count). The molecule has 3 N–H and O–H groups in total. The van der Waals surface area contributed by atoms with E-state index >= 15 is 0 Å². The van der Waals surface area contributed by atoms with Crippen LogP contribution in [0.25, 0.3) is 16.7 Å². The van der Waals surface area contributed by atoms with Crippen LogP contribution >= 0.6 is 11.8 Å². The molecule has 2 aromatic heterocycles. The molecule has 0 aliphatic carbocycles. The van der Waals surface area contributed by atoms with E-state index in [-0.39, 0.29) is 22.6 Å². The number of hydrogen-bond acceptors (Lipinski definition) is 7. The number of thioether (sulfide) groups is 1. The Kier molecular flexibility index (Phi) is 6.21. The number of aromatic nitrogens is 4. The Balaban J connectivity index is 1.42. The molecule has 1 amide bonds. The van der Waals surface area contributed by atoms with Crippen molar-refractivity contribution >= 4 is 38.7 Å². The van der Waals surface area contributed by atoms with Gasteiger partial charge in [0.25, 0.3) is 0 Å². The van der Waals surface area contributed by atoms with Crippen molar-refractivity contribution in [1.29, 1.82) is 0 Å². The molecule has 2 aromatic carbocycles. The number of nitrogens with two attached hydrogens (primary N) is 1. The Morgan fingerprint density at radius 3 is 2.53 bits per heavy atom. The van der Waals surface area contributed by atoms with Gasteiger partial charge in [0.15, 0.2) is 5.65 Å². The molecular weight excluding hydrogens is 448 g/mol. The van der Waals surface area contributed by atoms with Gasteiger partial charge in [-0.2, -0.15) is 5.10 Å². The first-order valence-electron chi connectivity index (χ1n) is 9.62. The van der Waals surface area contributed by atoms with E-state index in [1.54, 1.807) is 23.0 Å². The molecule has 0 spiro atoms. The molecule has 4 aromatic rings. The van der Waals surface area contributed by atoms with E-state index in [0.29, 0.717) is 10.7 Å². The quantitative estimate of drug-likeness (QED) is 0.314. The normalized spacial score (nSPS) is 12.6. The lowest BCUT2D eigenvalue weighted by atomic mass is 10.1. The summed E-state index contributed by atoms with van der Waals surface area (Å²) in [4.78, 5) is 21.2. The highest BCUT2D eigenvalue weighted by Crippen LogP contribution is 2.26. The van der Waals surface area contributed by atoms with Crippen molar-refractivity contribution in [1.82, 2.24) is 25.1 Å². The summed E-state index contributed by atoms with van der Waals surface area (Å²) in [5.74, 6) is -0.0253. The SMILES string of the molecule is C[C@H](NC(=O)CSc1ncnc2c1cnn2-c1ccccc1)c1ccc(S(N)(=O)=O)cc1. The standard InChI is InChI=1S/C21H20N6O3S2/c1-14(15-7-9-17(10-8-15)32(22,29)30)26-19(28)12-31-21-18-11-25-27(20(18)23-13-24-21)16-5-3-2-4-6-16/h2-11,13-14H,12H2,1H3,(H,26,28)(H2,22,29,30)/t14-/m0/s1. The number of hydrogen-bond donors (Lipinski definition) is 2. The average Bonchev–Trinajstić information content (AvgIpc) is 3.22. The lowest BCUT2D eigenvalue weighted by Gasteiger charge is -2.14. The summed E-state index contributed by atoms with van der Waals surface area (Å²) >= 11 is 1.30. The Morgan fingerprint density at radius 2 is 1.84 bits per heavy atom. The third-order valence-electron chi connectivity index (χ3n) is 4.76. The molecule has 0 unspecified atom stereocenters. The lowest BCUT2D eigenvalue weighted by Crippen LogP contribution is -2.28. The van der Waals surface area contributed by atoms with Crippen LogP contribution in [-0.4, -0.2) is 39.8 Å². The maximum Gasteiger partial charge on any atom is 0.238 e. The Hall–Kier alpha value is -3.28. The second-order valence-corrected chi connectivity index (χ2v) is 9.53. The number of para-hydroxylation sites is 1. The predicted octanol–water partition coefficient (Wildman–Crippen LogP) is 2.43. The molecule has 0 fully saturated rings. The second-order valence-electron chi connectivity index (χ2n) is 7.00. The molecule has 0 aliphatic rings. The number of carbonyl (C=O) groups is 1. The number of fused-ring (bicyclic) bond motifs is 1. The first-order valence-corrected chi connectivity index (χ1v) is 12.2. The van der Waals surface area contributed by atoms with Crippen molar-refractivity contribution < 1.29 is 13.2 Å². The monoisotopic (exact) mass is 468 g/mol. The fourth-order valence-electron chi connectivity index (χ4n) is 3.14. The number of sulfonamides is 1. The Morgan fingerprint density at radius 1 is 1.12 bits per heavy atom. The van der Waals surface area contributed by atoms with Gasteiger partial charge in [-0.3, -0.25) is 4.79 Å². The van der Waals surface area contributed by atoms with E-state index in [9.17, 15) is 13.2 Å². The van der Waals surface area contributed by atoms with Crippen molar-refractivity contribution in [2.45, 2.75) is 22.9 Å². The molecule has 164 valence electrons. The van der Waals surface area contributed by atoms with Gasteiger partial charge in [-0.05, 0) is 36.8 Å². The lowest BCUT2D eigenvalue weighted by molar-refractivity contribution is -0.119. The number of nitrogens with one attached hydrogen (secondary N) is 1. The minimum atomic E-state index is -3.75. The molecular formula is C21H20N6O3S2. The van der Waals surface area contributed by atoms with Gasteiger partial charge < -0.3 is 5.32 Å². The molecule has 2 heterocycles. The number of nitrogens with zero attached hydrogens (tertiary/aromatic N) is 4. The van der Waals surface area contributed by atoms with Crippen LogP contribution in [0.15, 0.2) is 77.0 Å². The van der Waals surface area contributed by atoms with Crippen LogP contribution in [0.5, 0.6) is 0 Å². The fraction of sp³-hybridized carbons (Fsp3) is 0.143. The molecule has 11 heteroatoms. The van der Waals surface area contributed by atoms with Gasteiger partial charge in [0, 0.05) is 0 Å². The summed E-state index contributed by atoms with van der Waals surface area (Å²) in [5, 5.41) is 13.9. The molecule has 9 nitrogen and oxygen atoms in total. The fourth-order valence-corrected chi connectivity index (χ4v) is 4.43. The summed E-state index contributed by atoms with van der Waals surface area (Å²) in [6.45, 7) is 1.82. The van der Waals surface area contributed by atoms with E-state index in [1.165, 1.54) is 30.2 Å². The van der Waals surface area contributed by atoms with E-state index in [2.05, 4.69) is 20.4 Å². The van der Waals surface area contributed by atoms with E-state index in [0.717, 1.165) is 16.6 Å². The van der Waals surface area contributed by atoms with Crippen molar-refractivity contribution in [2.75, 3.05) is 5.75 Å². The zero-order chi connectivity index (χ0) is 22.7. The second kappa shape index (κ2) is 9.07. The number of primary sulfonamides is 1. The molecule has 0 aliphatic heterocycles. The molecule has 32 heavy (non-hydrogen) atoms. The third kappa shape index (κ3) is 4.79. The highest BCUT2D eigenvalue weighted by molar-refractivity contribution is 8.00. The van der Waals surface area contributed by atoms with Gasteiger partial charge in [0.1, 0.15) is 11.4 Å². The van der Waals surface area contributed by atoms with Crippen LogP contribution < -0.4 is 10.5 Å². The van der Waals surface area contributed by atoms with Gasteiger partial charge in [-0.15, -0.1) is 0 Å². The Bertz CT molecular complexity index is 1360. The number of rotatable bonds is 7. The van der Waals surface area contributed by atoms with Crippen LogP contribution in [0.4, 0.5) is 0 Å². The van der Waals surface area contributed by atoms with Gasteiger partial charge in [0.05, 0.1) is 34.0 Å². The largest absolute Gasteiger partial charge is 0.349 e. The summed E-state index contributed by atoms with van der Waals surface area (Å²) in [5.41, 5.74) is 2.32. The zero-order valence-corrected chi connectivity index (χ0v) is 18.7. The van der Waals surface area contributed by atoms with Crippen LogP contribution in [0.1, 0.15) is 18.5 Å². The maximum absolute atomic E-state index is 12.5.